The summed E-state index contributed by atoms with van der Waals surface area (Å²) in [6.45, 7) is -2.25. The van der Waals surface area contributed by atoms with Gasteiger partial charge < -0.3 is 41.1 Å². The number of quaternary nitrogens is 1. The first-order valence-corrected chi connectivity index (χ1v) is 7.91. The first kappa shape index (κ1) is 38.3. The van der Waals surface area contributed by atoms with Crippen molar-refractivity contribution >= 4 is 52.6 Å². The summed E-state index contributed by atoms with van der Waals surface area (Å²) in [5.41, 5.74) is 0. The van der Waals surface area contributed by atoms with Gasteiger partial charge in [-0.05, 0) is 0 Å². The van der Waals surface area contributed by atoms with Crippen LogP contribution in [0.5, 0.6) is 0 Å². The Labute approximate surface area is 195 Å². The van der Waals surface area contributed by atoms with E-state index in [-0.39, 0.29) is 48.8 Å². The maximum absolute atomic E-state index is 10.6. The minimum Gasteiger partial charge on any atom is -0.753 e. The number of aliphatic carboxylic acids is 4. The molecule has 0 aliphatic carbocycles. The number of carboxylic acid groups (broad SMARTS) is 4. The number of carbonyl (C=O) groups is 4. The summed E-state index contributed by atoms with van der Waals surface area (Å²) < 4.78 is 24.1. The molecule has 0 aromatic carbocycles. The zero-order chi connectivity index (χ0) is 22.0. The summed E-state index contributed by atoms with van der Waals surface area (Å²) in [7, 11) is 0. The van der Waals surface area contributed by atoms with E-state index in [9.17, 15) is 19.2 Å². The van der Waals surface area contributed by atoms with Gasteiger partial charge in [0, 0.05) is 13.1 Å². The molecule has 29 heavy (non-hydrogen) atoms. The average Bonchev–Trinajstić information content (AvgIpc) is 2.42. The van der Waals surface area contributed by atoms with Crippen molar-refractivity contribution in [3.63, 3.8) is 0 Å². The molecule has 0 aliphatic rings. The molecule has 0 amide bonds. The molecule has 0 fully saturated rings. The fraction of sp³-hybridized carbons (Fsp3) is 0.545. The fourth-order valence-electron chi connectivity index (χ4n) is 1.48. The van der Waals surface area contributed by atoms with Crippen molar-refractivity contribution in [1.82, 2.24) is 16.0 Å². The van der Waals surface area contributed by atoms with Gasteiger partial charge in [0.15, 0.2) is 0 Å². The molecule has 1 unspecified atom stereocenters. The topological polar surface area (TPSA) is 275 Å². The van der Waals surface area contributed by atoms with E-state index in [1.165, 1.54) is 5.16 Å². The Morgan fingerprint density at radius 3 is 1.10 bits per heavy atom. The van der Waals surface area contributed by atoms with Gasteiger partial charge in [-0.1, -0.05) is 12.2 Å². The summed E-state index contributed by atoms with van der Waals surface area (Å²) in [6.07, 6.45) is 0. The van der Waals surface area contributed by atoms with Crippen LogP contribution in [0.1, 0.15) is 0 Å². The van der Waals surface area contributed by atoms with E-state index in [4.69, 9.17) is 39.1 Å². The number of rotatable bonds is 11. The number of hydrogen-bond donors (Lipinski definition) is 6. The molecule has 0 radical (unpaired) electrons. The molecule has 0 rings (SSSR count). The van der Waals surface area contributed by atoms with Crippen molar-refractivity contribution < 1.29 is 82.5 Å². The Morgan fingerprint density at radius 2 is 1.00 bits per heavy atom. The first-order valence-electron chi connectivity index (χ1n) is 6.47. The van der Waals surface area contributed by atoms with Crippen LogP contribution in [-0.4, -0.2) is 112 Å². The molecule has 1 atom stereocenters. The maximum Gasteiger partial charge on any atom is 1.00 e. The van der Waals surface area contributed by atoms with Crippen LogP contribution in [0, 0.1) is 0 Å². The van der Waals surface area contributed by atoms with Gasteiger partial charge in [0.1, 0.15) is 0 Å². The van der Waals surface area contributed by atoms with Crippen molar-refractivity contribution in [2.75, 3.05) is 39.3 Å². The minimum atomic E-state index is -2.86. The van der Waals surface area contributed by atoms with Crippen molar-refractivity contribution in [3.05, 3.63) is 5.41 Å². The predicted molar refractivity (Wildman–Crippen MR) is 96.9 cm³/mol. The molecular weight excluding hydrogens is 451 g/mol. The van der Waals surface area contributed by atoms with E-state index in [1.54, 1.807) is 0 Å². The fourth-order valence-corrected chi connectivity index (χ4v) is 1.48. The van der Waals surface area contributed by atoms with Crippen molar-refractivity contribution in [2.45, 2.75) is 0 Å². The van der Waals surface area contributed by atoms with Crippen molar-refractivity contribution in [1.29, 1.82) is 0 Å². The summed E-state index contributed by atoms with van der Waals surface area (Å²) >= 11 is 0.838. The zero-order valence-electron chi connectivity index (χ0n) is 15.6. The van der Waals surface area contributed by atoms with Crippen molar-refractivity contribution in [3.8, 4) is 0 Å². The molecule has 0 aromatic rings. The normalized spacial score (nSPS) is 9.79. The van der Waals surface area contributed by atoms with E-state index in [2.05, 4.69) is 12.2 Å². The van der Waals surface area contributed by atoms with Crippen LogP contribution in [0.25, 0.3) is 5.41 Å². The Kier molecular flexibility index (Phi) is 32.5. The minimum absolute atomic E-state index is 0. The number of nitrogens with zero attached hydrogens (tertiary/aromatic N) is 3. The van der Waals surface area contributed by atoms with E-state index < -0.39 is 61.4 Å². The second-order valence-corrected chi connectivity index (χ2v) is 4.92. The average molecular weight is 472 g/mol. The standard InChI is InChI=1S/C10H16N2O8.CNS.H3N.Na.H2O3S/c13-7(14)3-11(4-8(15)16)1-2-12(5-9(17)18)6-10(19)20;2-1-3;;;1-4(2)3/h1-6H2,(H,13,14)(H,15,16)(H,17,18)(H,19,20);;1H3;;(H2,1,2,3)/q;-1;;+1;. The Morgan fingerprint density at radius 1 is 0.862 bits per heavy atom. The van der Waals surface area contributed by atoms with E-state index >= 15 is 0 Å². The maximum atomic E-state index is 10.6. The van der Waals surface area contributed by atoms with Crippen LogP contribution in [0.3, 0.4) is 0 Å². The summed E-state index contributed by atoms with van der Waals surface area (Å²) in [5, 5.41) is 42.9. The molecule has 0 bridgehead atoms. The Balaban J connectivity index is -0.000000185. The third kappa shape index (κ3) is 41.9. The molecule has 9 N–H and O–H groups in total. The van der Waals surface area contributed by atoms with Gasteiger partial charge in [0.2, 0.25) is 0 Å². The van der Waals surface area contributed by atoms with E-state index in [0.29, 0.717) is 0 Å². The quantitative estimate of drug-likeness (QED) is 0.0713. The van der Waals surface area contributed by atoms with Crippen LogP contribution in [0.4, 0.5) is 0 Å². The van der Waals surface area contributed by atoms with Gasteiger partial charge in [0.25, 0.3) is 0 Å². The van der Waals surface area contributed by atoms with E-state index in [0.717, 1.165) is 9.80 Å². The Hall–Kier alpha value is -1.37. The molecule has 0 saturated heterocycles. The second kappa shape index (κ2) is 24.7. The third-order valence-corrected chi connectivity index (χ3v) is 2.17. The smallest absolute Gasteiger partial charge is 0.753 e. The molecule has 0 spiro atoms. The van der Waals surface area contributed by atoms with Gasteiger partial charge in [-0.3, -0.25) is 29.0 Å². The molecule has 15 nitrogen and oxygen atoms in total. The van der Waals surface area contributed by atoms with Gasteiger partial charge in [0.05, 0.1) is 37.5 Å². The molecule has 0 saturated carbocycles. The number of isothiocyanates is 1. The molecule has 18 heteroatoms. The summed E-state index contributed by atoms with van der Waals surface area (Å²) in [6, 6.07) is 0. The van der Waals surface area contributed by atoms with Gasteiger partial charge in [-0.15, -0.1) is 0 Å². The monoisotopic (exact) mass is 472 g/mol. The summed E-state index contributed by atoms with van der Waals surface area (Å²) in [4.78, 5) is 44.4. The number of thiocarbonyl (C=S) groups is 1. The van der Waals surface area contributed by atoms with E-state index in [1.807, 2.05) is 0 Å². The van der Waals surface area contributed by atoms with Gasteiger partial charge in [-0.25, -0.2) is 4.21 Å². The molecule has 164 valence electrons. The van der Waals surface area contributed by atoms with Gasteiger partial charge >= 0.3 is 53.4 Å². The largest absolute Gasteiger partial charge is 1.00 e. The van der Waals surface area contributed by atoms with Crippen LogP contribution in [-0.2, 0) is 30.5 Å². The summed E-state index contributed by atoms with van der Waals surface area (Å²) in [5.74, 6) is -4.91. The molecule has 0 heterocycles. The molecule has 0 aliphatic heterocycles. The van der Waals surface area contributed by atoms with Crippen LogP contribution in [0.2, 0.25) is 0 Å². The SMILES string of the molecule is O=C(O)CN(CCN(CC(=O)O)CC(=O)O)CC(=O)O.O=S([O-])O.[N-]=C=S.[NH4+].[Na+]. The number of carboxylic acids is 4. The first-order chi connectivity index (χ1) is 12.3. The predicted octanol–water partition coefficient (Wildman–Crippen LogP) is -4.69. The van der Waals surface area contributed by atoms with Crippen molar-refractivity contribution in [2.24, 2.45) is 0 Å². The second-order valence-electron chi connectivity index (χ2n) is 4.30. The van der Waals surface area contributed by atoms with Crippen LogP contribution < -0.4 is 35.7 Å². The van der Waals surface area contributed by atoms with Crippen LogP contribution >= 0.6 is 12.2 Å². The number of hydrogen-bond acceptors (Lipinski definition) is 9. The molecule has 0 aromatic heterocycles. The Bertz CT molecular complexity index is 489. The van der Waals surface area contributed by atoms with Gasteiger partial charge in [-0.2, -0.15) is 5.16 Å². The van der Waals surface area contributed by atoms with Crippen LogP contribution in [0.15, 0.2) is 0 Å². The third-order valence-electron chi connectivity index (χ3n) is 2.17. The molecular formula is C11H21N4NaO11S2. The zero-order valence-corrected chi connectivity index (χ0v) is 19.2.